The van der Waals surface area contributed by atoms with Gasteiger partial charge >= 0.3 is 5.97 Å². The van der Waals surface area contributed by atoms with Crippen molar-refractivity contribution in [3.05, 3.63) is 35.4 Å². The molecule has 0 aliphatic rings. The van der Waals surface area contributed by atoms with E-state index in [4.69, 9.17) is 11.0 Å². The Morgan fingerprint density at radius 2 is 2.29 bits per heavy atom. The van der Waals surface area contributed by atoms with E-state index in [2.05, 4.69) is 10.8 Å². The minimum Gasteiger partial charge on any atom is -0.468 e. The zero-order valence-electron chi connectivity index (χ0n) is 9.55. The van der Waals surface area contributed by atoms with Crippen molar-refractivity contribution in [2.45, 2.75) is 11.8 Å². The van der Waals surface area contributed by atoms with Crippen LogP contribution in [-0.2, 0) is 15.3 Å². The van der Waals surface area contributed by atoms with Crippen molar-refractivity contribution in [1.82, 2.24) is 0 Å². The number of carbonyl (C=O) groups excluding carboxylic acids is 1. The summed E-state index contributed by atoms with van der Waals surface area (Å²) in [6.45, 7) is 0. The van der Waals surface area contributed by atoms with E-state index in [0.717, 1.165) is 5.56 Å². The van der Waals surface area contributed by atoms with Crippen LogP contribution >= 0.6 is 11.8 Å². The molecule has 1 rings (SSSR count). The molecule has 0 aromatic heterocycles. The summed E-state index contributed by atoms with van der Waals surface area (Å²) in [5.41, 5.74) is 7.22. The first-order chi connectivity index (χ1) is 8.19. The molecule has 4 nitrogen and oxygen atoms in total. The van der Waals surface area contributed by atoms with Crippen LogP contribution in [0.15, 0.2) is 24.3 Å². The Balaban J connectivity index is 2.46. The molecule has 0 fully saturated rings. The van der Waals surface area contributed by atoms with Crippen LogP contribution in [0.1, 0.15) is 11.1 Å². The molecule has 0 heterocycles. The standard InChI is InChI=1S/C12H14N2O2S/c1-16-12(15)11(14)8-17-7-10-5-3-2-4-9(10)6-13/h2-5,11H,7-8,14H2,1H3. The minimum absolute atomic E-state index is 0.411. The van der Waals surface area contributed by atoms with Crippen LogP contribution in [0, 0.1) is 11.3 Å². The molecular formula is C12H14N2O2S. The lowest BCUT2D eigenvalue weighted by Crippen LogP contribution is -2.33. The Hall–Kier alpha value is -1.51. The second kappa shape index (κ2) is 6.94. The summed E-state index contributed by atoms with van der Waals surface area (Å²) in [4.78, 5) is 11.1. The number of nitriles is 1. The van der Waals surface area contributed by atoms with Crippen LogP contribution in [0.5, 0.6) is 0 Å². The molecule has 1 unspecified atom stereocenters. The third-order valence-electron chi connectivity index (χ3n) is 2.20. The summed E-state index contributed by atoms with van der Waals surface area (Å²) in [6.07, 6.45) is 0. The number of benzene rings is 1. The predicted octanol–water partition coefficient (Wildman–Crippen LogP) is 1.29. The number of thioether (sulfide) groups is 1. The van der Waals surface area contributed by atoms with E-state index in [9.17, 15) is 4.79 Å². The fourth-order valence-corrected chi connectivity index (χ4v) is 2.25. The Bertz CT molecular complexity index is 429. The number of nitrogens with zero attached hydrogens (tertiary/aromatic N) is 1. The second-order valence-corrected chi connectivity index (χ2v) is 4.44. The number of methoxy groups -OCH3 is 1. The minimum atomic E-state index is -0.612. The molecule has 90 valence electrons. The van der Waals surface area contributed by atoms with Gasteiger partial charge in [-0.05, 0) is 11.6 Å². The van der Waals surface area contributed by atoms with Crippen LogP contribution in [-0.4, -0.2) is 24.9 Å². The molecule has 0 aliphatic heterocycles. The van der Waals surface area contributed by atoms with Gasteiger partial charge < -0.3 is 10.5 Å². The van der Waals surface area contributed by atoms with Crippen LogP contribution in [0.25, 0.3) is 0 Å². The van der Waals surface area contributed by atoms with Gasteiger partial charge in [-0.1, -0.05) is 18.2 Å². The third kappa shape index (κ3) is 4.10. The summed E-state index contributed by atoms with van der Waals surface area (Å²) in [7, 11) is 1.32. The fourth-order valence-electron chi connectivity index (χ4n) is 1.27. The van der Waals surface area contributed by atoms with Crippen molar-refractivity contribution < 1.29 is 9.53 Å². The highest BCUT2D eigenvalue weighted by Gasteiger charge is 2.13. The van der Waals surface area contributed by atoms with Gasteiger partial charge in [-0.3, -0.25) is 4.79 Å². The van der Waals surface area contributed by atoms with Crippen molar-refractivity contribution in [2.75, 3.05) is 12.9 Å². The lowest BCUT2D eigenvalue weighted by atomic mass is 10.1. The summed E-state index contributed by atoms with van der Waals surface area (Å²) < 4.78 is 4.53. The van der Waals surface area contributed by atoms with Gasteiger partial charge in [-0.15, -0.1) is 0 Å². The number of nitrogens with two attached hydrogens (primary N) is 1. The lowest BCUT2D eigenvalue weighted by Gasteiger charge is -2.09. The molecule has 0 radical (unpaired) electrons. The van der Waals surface area contributed by atoms with Gasteiger partial charge in [0.15, 0.2) is 0 Å². The van der Waals surface area contributed by atoms with E-state index in [0.29, 0.717) is 17.1 Å². The normalized spacial score (nSPS) is 11.6. The van der Waals surface area contributed by atoms with E-state index >= 15 is 0 Å². The quantitative estimate of drug-likeness (QED) is 0.797. The van der Waals surface area contributed by atoms with Crippen molar-refractivity contribution in [2.24, 2.45) is 5.73 Å². The van der Waals surface area contributed by atoms with E-state index in [1.165, 1.54) is 18.9 Å². The first-order valence-electron chi connectivity index (χ1n) is 5.08. The molecule has 5 heteroatoms. The Labute approximate surface area is 105 Å². The average Bonchev–Trinajstić information content (AvgIpc) is 2.38. The maximum atomic E-state index is 11.1. The van der Waals surface area contributed by atoms with E-state index in [1.54, 1.807) is 6.07 Å². The molecule has 0 spiro atoms. The lowest BCUT2D eigenvalue weighted by molar-refractivity contribution is -0.141. The van der Waals surface area contributed by atoms with Gasteiger partial charge in [-0.25, -0.2) is 0 Å². The number of rotatable bonds is 5. The first-order valence-corrected chi connectivity index (χ1v) is 6.23. The van der Waals surface area contributed by atoms with E-state index in [1.807, 2.05) is 18.2 Å². The highest BCUT2D eigenvalue weighted by Crippen LogP contribution is 2.16. The molecule has 0 aliphatic carbocycles. The van der Waals surface area contributed by atoms with Gasteiger partial charge in [0.25, 0.3) is 0 Å². The number of esters is 1. The molecule has 0 bridgehead atoms. The second-order valence-electron chi connectivity index (χ2n) is 3.41. The predicted molar refractivity (Wildman–Crippen MR) is 67.3 cm³/mol. The molecular weight excluding hydrogens is 236 g/mol. The summed E-state index contributed by atoms with van der Waals surface area (Å²) in [5.74, 6) is 0.729. The first kappa shape index (κ1) is 13.6. The van der Waals surface area contributed by atoms with E-state index < -0.39 is 12.0 Å². The molecule has 0 amide bonds. The summed E-state index contributed by atoms with van der Waals surface area (Å²) >= 11 is 1.51. The Morgan fingerprint density at radius 1 is 1.59 bits per heavy atom. The van der Waals surface area contributed by atoms with E-state index in [-0.39, 0.29) is 0 Å². The highest BCUT2D eigenvalue weighted by molar-refractivity contribution is 7.98. The van der Waals surface area contributed by atoms with Crippen molar-refractivity contribution in [3.63, 3.8) is 0 Å². The van der Waals surface area contributed by atoms with Crippen molar-refractivity contribution >= 4 is 17.7 Å². The van der Waals surface area contributed by atoms with Gasteiger partial charge in [0, 0.05) is 11.5 Å². The van der Waals surface area contributed by atoms with Gasteiger partial charge in [-0.2, -0.15) is 17.0 Å². The average molecular weight is 250 g/mol. The van der Waals surface area contributed by atoms with Crippen LogP contribution < -0.4 is 5.73 Å². The third-order valence-corrected chi connectivity index (χ3v) is 3.31. The van der Waals surface area contributed by atoms with Gasteiger partial charge in [0.05, 0.1) is 18.7 Å². The zero-order chi connectivity index (χ0) is 12.7. The number of ether oxygens (including phenoxy) is 1. The molecule has 1 atom stereocenters. The number of hydrogen-bond acceptors (Lipinski definition) is 5. The molecule has 0 saturated heterocycles. The van der Waals surface area contributed by atoms with Crippen LogP contribution in [0.3, 0.4) is 0 Å². The van der Waals surface area contributed by atoms with Crippen molar-refractivity contribution in [3.8, 4) is 6.07 Å². The smallest absolute Gasteiger partial charge is 0.323 e. The molecule has 1 aromatic rings. The topological polar surface area (TPSA) is 76.1 Å². The largest absolute Gasteiger partial charge is 0.468 e. The maximum Gasteiger partial charge on any atom is 0.323 e. The van der Waals surface area contributed by atoms with Gasteiger partial charge in [0.2, 0.25) is 0 Å². The number of carbonyl (C=O) groups is 1. The van der Waals surface area contributed by atoms with Crippen LogP contribution in [0.4, 0.5) is 0 Å². The fraction of sp³-hybridized carbons (Fsp3) is 0.333. The molecule has 0 saturated carbocycles. The summed E-state index contributed by atoms with van der Waals surface area (Å²) in [5, 5.41) is 8.90. The molecule has 2 N–H and O–H groups in total. The summed E-state index contributed by atoms with van der Waals surface area (Å²) in [6, 6.07) is 8.90. The van der Waals surface area contributed by atoms with Crippen LogP contribution in [0.2, 0.25) is 0 Å². The Kier molecular flexibility index (Phi) is 5.53. The maximum absolute atomic E-state index is 11.1. The SMILES string of the molecule is COC(=O)C(N)CSCc1ccccc1C#N. The van der Waals surface area contributed by atoms with Crippen molar-refractivity contribution in [1.29, 1.82) is 5.26 Å². The Morgan fingerprint density at radius 3 is 2.94 bits per heavy atom. The highest BCUT2D eigenvalue weighted by atomic mass is 32.2. The molecule has 17 heavy (non-hydrogen) atoms. The monoisotopic (exact) mass is 250 g/mol. The zero-order valence-corrected chi connectivity index (χ0v) is 10.4. The number of hydrogen-bond donors (Lipinski definition) is 1. The van der Waals surface area contributed by atoms with Gasteiger partial charge in [0.1, 0.15) is 6.04 Å². The molecule has 1 aromatic carbocycles.